The standard InChI is InChI=1S/C14H18O4/c1-7-8(2)14(4)10(12(16)18-6)9(11(15)17-5)13(7,14)3/h1-6H3. The minimum Gasteiger partial charge on any atom is -0.466 e. The lowest BCUT2D eigenvalue weighted by atomic mass is 9.35. The van der Waals surface area contributed by atoms with E-state index in [4.69, 9.17) is 9.47 Å². The van der Waals surface area contributed by atoms with Gasteiger partial charge in [0.1, 0.15) is 0 Å². The van der Waals surface area contributed by atoms with Crippen LogP contribution in [-0.4, -0.2) is 26.2 Å². The molecule has 98 valence electrons. The molecule has 2 rings (SSSR count). The Balaban J connectivity index is 2.63. The van der Waals surface area contributed by atoms with E-state index in [1.54, 1.807) is 0 Å². The van der Waals surface area contributed by atoms with Gasteiger partial charge in [0.2, 0.25) is 0 Å². The third-order valence-electron chi connectivity index (χ3n) is 5.09. The van der Waals surface area contributed by atoms with Crippen molar-refractivity contribution in [3.63, 3.8) is 0 Å². The summed E-state index contributed by atoms with van der Waals surface area (Å²) in [6.45, 7) is 7.95. The van der Waals surface area contributed by atoms with Gasteiger partial charge in [-0.05, 0) is 13.8 Å². The fraction of sp³-hybridized carbons (Fsp3) is 0.571. The van der Waals surface area contributed by atoms with Crippen LogP contribution >= 0.6 is 0 Å². The number of methoxy groups -OCH3 is 2. The zero-order valence-corrected chi connectivity index (χ0v) is 11.6. The summed E-state index contributed by atoms with van der Waals surface area (Å²) < 4.78 is 9.60. The van der Waals surface area contributed by atoms with Crippen LogP contribution in [0.5, 0.6) is 0 Å². The van der Waals surface area contributed by atoms with Crippen molar-refractivity contribution in [2.24, 2.45) is 10.8 Å². The summed E-state index contributed by atoms with van der Waals surface area (Å²) >= 11 is 0. The van der Waals surface area contributed by atoms with Gasteiger partial charge in [-0.3, -0.25) is 0 Å². The van der Waals surface area contributed by atoms with E-state index in [2.05, 4.69) is 0 Å². The first-order valence-electron chi connectivity index (χ1n) is 5.88. The molecule has 0 fully saturated rings. The molecule has 0 N–H and O–H groups in total. The number of rotatable bonds is 2. The molecule has 2 aliphatic carbocycles. The summed E-state index contributed by atoms with van der Waals surface area (Å²) in [4.78, 5) is 23.8. The maximum absolute atomic E-state index is 11.9. The predicted molar refractivity (Wildman–Crippen MR) is 65.6 cm³/mol. The van der Waals surface area contributed by atoms with Crippen molar-refractivity contribution in [1.82, 2.24) is 0 Å². The highest BCUT2D eigenvalue weighted by Crippen LogP contribution is 2.75. The smallest absolute Gasteiger partial charge is 0.335 e. The highest BCUT2D eigenvalue weighted by Gasteiger charge is 2.71. The van der Waals surface area contributed by atoms with Crippen LogP contribution in [0, 0.1) is 10.8 Å². The topological polar surface area (TPSA) is 52.6 Å². The van der Waals surface area contributed by atoms with Gasteiger partial charge in [-0.1, -0.05) is 25.0 Å². The fourth-order valence-electron chi connectivity index (χ4n) is 3.57. The SMILES string of the molecule is COC(=O)C1=C(C(=O)OC)C2(C)C(C)=C(C)C12C. The molecule has 0 amide bonds. The van der Waals surface area contributed by atoms with Crippen LogP contribution in [0.15, 0.2) is 22.3 Å². The number of ether oxygens (including phenoxy) is 2. The molecule has 0 aromatic heterocycles. The maximum Gasteiger partial charge on any atom is 0.335 e. The summed E-state index contributed by atoms with van der Waals surface area (Å²) in [7, 11) is 2.65. The number of fused-ring (bicyclic) bond motifs is 1. The lowest BCUT2D eigenvalue weighted by molar-refractivity contribution is -0.146. The molecule has 2 aliphatic rings. The molecule has 0 saturated heterocycles. The average Bonchev–Trinajstić information content (AvgIpc) is 2.39. The zero-order valence-electron chi connectivity index (χ0n) is 11.6. The first-order valence-corrected chi connectivity index (χ1v) is 5.88. The minimum atomic E-state index is -0.442. The molecule has 2 unspecified atom stereocenters. The van der Waals surface area contributed by atoms with Gasteiger partial charge < -0.3 is 9.47 Å². The molecule has 2 atom stereocenters. The minimum absolute atomic E-state index is 0.395. The fourth-order valence-corrected chi connectivity index (χ4v) is 3.57. The van der Waals surface area contributed by atoms with Gasteiger partial charge in [-0.2, -0.15) is 0 Å². The molecule has 18 heavy (non-hydrogen) atoms. The molecule has 0 radical (unpaired) electrons. The van der Waals surface area contributed by atoms with Gasteiger partial charge in [0.25, 0.3) is 0 Å². The summed E-state index contributed by atoms with van der Waals surface area (Å²) in [5.41, 5.74) is 2.38. The maximum atomic E-state index is 11.9. The molecule has 4 nitrogen and oxygen atoms in total. The molecular formula is C14H18O4. The highest BCUT2D eigenvalue weighted by molar-refractivity contribution is 6.09. The molecule has 0 spiro atoms. The Bertz CT molecular complexity index is 480. The van der Waals surface area contributed by atoms with Crippen molar-refractivity contribution >= 4 is 11.9 Å². The first-order chi connectivity index (χ1) is 8.28. The van der Waals surface area contributed by atoms with Crippen LogP contribution in [0.2, 0.25) is 0 Å². The molecule has 0 heterocycles. The van der Waals surface area contributed by atoms with Crippen molar-refractivity contribution < 1.29 is 19.1 Å². The van der Waals surface area contributed by atoms with E-state index in [-0.39, 0.29) is 0 Å². The molecule has 0 bridgehead atoms. The van der Waals surface area contributed by atoms with Gasteiger partial charge >= 0.3 is 11.9 Å². The van der Waals surface area contributed by atoms with Crippen LogP contribution in [0.25, 0.3) is 0 Å². The average molecular weight is 250 g/mol. The summed E-state index contributed by atoms with van der Waals surface area (Å²) in [6, 6.07) is 0. The van der Waals surface area contributed by atoms with Gasteiger partial charge in [-0.15, -0.1) is 0 Å². The molecule has 0 saturated carbocycles. The van der Waals surface area contributed by atoms with Crippen LogP contribution < -0.4 is 0 Å². The second kappa shape index (κ2) is 3.46. The number of allylic oxidation sites excluding steroid dienone is 2. The Morgan fingerprint density at radius 2 is 1.11 bits per heavy atom. The Morgan fingerprint density at radius 1 is 0.833 bits per heavy atom. The van der Waals surface area contributed by atoms with Gasteiger partial charge in [-0.25, -0.2) is 9.59 Å². The van der Waals surface area contributed by atoms with E-state index in [0.717, 1.165) is 11.1 Å². The lowest BCUT2D eigenvalue weighted by Crippen LogP contribution is -2.62. The van der Waals surface area contributed by atoms with Crippen molar-refractivity contribution in [3.8, 4) is 0 Å². The van der Waals surface area contributed by atoms with Crippen molar-refractivity contribution in [2.45, 2.75) is 27.7 Å². The van der Waals surface area contributed by atoms with Crippen LogP contribution in [0.4, 0.5) is 0 Å². The van der Waals surface area contributed by atoms with E-state index < -0.39 is 22.8 Å². The normalized spacial score (nSPS) is 33.4. The molecule has 0 aromatic rings. The van der Waals surface area contributed by atoms with E-state index in [1.165, 1.54) is 14.2 Å². The van der Waals surface area contributed by atoms with Gasteiger partial charge in [0.15, 0.2) is 0 Å². The summed E-state index contributed by atoms with van der Waals surface area (Å²) in [5, 5.41) is 0. The van der Waals surface area contributed by atoms with Crippen molar-refractivity contribution in [1.29, 1.82) is 0 Å². The Kier molecular flexibility index (Phi) is 2.48. The monoisotopic (exact) mass is 250 g/mol. The largest absolute Gasteiger partial charge is 0.466 e. The summed E-state index contributed by atoms with van der Waals surface area (Å²) in [6.07, 6.45) is 0. The second-order valence-electron chi connectivity index (χ2n) is 5.23. The molecular weight excluding hydrogens is 232 g/mol. The van der Waals surface area contributed by atoms with Crippen molar-refractivity contribution in [3.05, 3.63) is 22.3 Å². The molecule has 0 aromatic carbocycles. The Morgan fingerprint density at radius 3 is 1.33 bits per heavy atom. The number of esters is 2. The second-order valence-corrected chi connectivity index (χ2v) is 5.23. The molecule has 0 aliphatic heterocycles. The lowest BCUT2D eigenvalue weighted by Gasteiger charge is -2.65. The van der Waals surface area contributed by atoms with Crippen molar-refractivity contribution in [2.75, 3.05) is 14.2 Å². The highest BCUT2D eigenvalue weighted by atomic mass is 16.5. The van der Waals surface area contributed by atoms with E-state index >= 15 is 0 Å². The first kappa shape index (κ1) is 12.9. The van der Waals surface area contributed by atoms with Crippen LogP contribution in [-0.2, 0) is 19.1 Å². The number of hydrogen-bond acceptors (Lipinski definition) is 4. The number of carbonyl (C=O) groups excluding carboxylic acids is 2. The Hall–Kier alpha value is -1.58. The van der Waals surface area contributed by atoms with E-state index in [1.807, 2.05) is 27.7 Å². The quantitative estimate of drug-likeness (QED) is 0.555. The number of carbonyl (C=O) groups is 2. The van der Waals surface area contributed by atoms with Crippen LogP contribution in [0.3, 0.4) is 0 Å². The van der Waals surface area contributed by atoms with Gasteiger partial charge in [0, 0.05) is 10.8 Å². The zero-order chi connectivity index (χ0) is 13.9. The van der Waals surface area contributed by atoms with Crippen LogP contribution in [0.1, 0.15) is 27.7 Å². The third kappa shape index (κ3) is 0.982. The number of hydrogen-bond donors (Lipinski definition) is 0. The predicted octanol–water partition coefficient (Wildman–Crippen LogP) is 2.01. The van der Waals surface area contributed by atoms with Gasteiger partial charge in [0.05, 0.1) is 25.4 Å². The third-order valence-corrected chi connectivity index (χ3v) is 5.09. The molecule has 4 heteroatoms. The Labute approximate surface area is 107 Å². The van der Waals surface area contributed by atoms with E-state index in [0.29, 0.717) is 11.1 Å². The summed E-state index contributed by atoms with van der Waals surface area (Å²) in [5.74, 6) is -0.885. The van der Waals surface area contributed by atoms with E-state index in [9.17, 15) is 9.59 Å².